The van der Waals surface area contributed by atoms with E-state index in [1.165, 1.54) is 6.42 Å². The van der Waals surface area contributed by atoms with Crippen LogP contribution < -0.4 is 0 Å². The highest BCUT2D eigenvalue weighted by Crippen LogP contribution is 2.30. The van der Waals surface area contributed by atoms with Crippen molar-refractivity contribution in [1.82, 2.24) is 9.78 Å². The van der Waals surface area contributed by atoms with Gasteiger partial charge in [0.25, 0.3) is 0 Å². The number of nitrogens with zero attached hydrogens (tertiary/aromatic N) is 2. The number of rotatable bonds is 3. The minimum atomic E-state index is 0.120. The number of thioether (sulfide) groups is 1. The molecule has 0 spiro atoms. The van der Waals surface area contributed by atoms with Crippen molar-refractivity contribution < 1.29 is 4.79 Å². The molecule has 1 atom stereocenters. The van der Waals surface area contributed by atoms with Gasteiger partial charge in [-0.3, -0.25) is 9.48 Å². The van der Waals surface area contributed by atoms with Crippen LogP contribution in [0.1, 0.15) is 49.6 Å². The lowest BCUT2D eigenvalue weighted by atomic mass is 10.1. The van der Waals surface area contributed by atoms with Crippen molar-refractivity contribution in [1.29, 1.82) is 0 Å². The van der Waals surface area contributed by atoms with E-state index >= 15 is 0 Å². The van der Waals surface area contributed by atoms with Gasteiger partial charge in [0.05, 0.1) is 15.9 Å². The normalized spacial score (nSPS) is 20.8. The van der Waals surface area contributed by atoms with Crippen molar-refractivity contribution in [3.8, 4) is 0 Å². The zero-order valence-corrected chi connectivity index (χ0v) is 12.6. The zero-order valence-electron chi connectivity index (χ0n) is 10.1. The molecule has 1 aliphatic rings. The number of aromatic nitrogens is 2. The molecule has 17 heavy (non-hydrogen) atoms. The predicted molar refractivity (Wildman–Crippen MR) is 74.7 cm³/mol. The zero-order chi connectivity index (χ0) is 12.4. The standard InChI is InChI=1S/C12H17BrN2OS/c1-8(2)15-11(9(13)7-14-15)12(16)10-5-3-4-6-17-10/h7-8,10H,3-6H2,1-2H3. The van der Waals surface area contributed by atoms with Gasteiger partial charge in [0.15, 0.2) is 5.78 Å². The fourth-order valence-corrected chi connectivity index (χ4v) is 3.78. The van der Waals surface area contributed by atoms with Gasteiger partial charge in [0.1, 0.15) is 5.69 Å². The minimum absolute atomic E-state index is 0.120. The first-order valence-corrected chi connectivity index (χ1v) is 7.84. The number of ketones is 1. The molecule has 0 radical (unpaired) electrons. The summed E-state index contributed by atoms with van der Waals surface area (Å²) in [5, 5.41) is 4.39. The third-order valence-electron chi connectivity index (χ3n) is 2.95. The van der Waals surface area contributed by atoms with E-state index in [0.29, 0.717) is 0 Å². The molecule has 0 saturated carbocycles. The lowest BCUT2D eigenvalue weighted by molar-refractivity contribution is 0.0972. The van der Waals surface area contributed by atoms with Gasteiger partial charge in [0, 0.05) is 6.04 Å². The van der Waals surface area contributed by atoms with E-state index in [1.54, 1.807) is 18.0 Å². The van der Waals surface area contributed by atoms with Crippen molar-refractivity contribution in [3.05, 3.63) is 16.4 Å². The van der Waals surface area contributed by atoms with Gasteiger partial charge in [-0.05, 0) is 48.4 Å². The van der Waals surface area contributed by atoms with Gasteiger partial charge in [0.2, 0.25) is 0 Å². The Bertz CT molecular complexity index is 411. The van der Waals surface area contributed by atoms with Crippen molar-refractivity contribution in [2.45, 2.75) is 44.4 Å². The molecule has 1 aliphatic heterocycles. The van der Waals surface area contributed by atoms with Crippen LogP contribution in [-0.4, -0.2) is 26.6 Å². The van der Waals surface area contributed by atoms with Gasteiger partial charge in [-0.15, -0.1) is 0 Å². The molecule has 1 aromatic rings. The van der Waals surface area contributed by atoms with E-state index in [9.17, 15) is 4.79 Å². The fourth-order valence-electron chi connectivity index (χ4n) is 2.06. The highest BCUT2D eigenvalue weighted by atomic mass is 79.9. The van der Waals surface area contributed by atoms with Crippen LogP contribution in [0.5, 0.6) is 0 Å². The van der Waals surface area contributed by atoms with Crippen LogP contribution >= 0.6 is 27.7 Å². The van der Waals surface area contributed by atoms with E-state index in [1.807, 2.05) is 18.5 Å². The molecule has 2 rings (SSSR count). The Labute approximate surface area is 114 Å². The molecular formula is C12H17BrN2OS. The average molecular weight is 317 g/mol. The molecule has 0 N–H and O–H groups in total. The molecule has 0 amide bonds. The molecule has 1 fully saturated rings. The van der Waals surface area contributed by atoms with Crippen molar-refractivity contribution in [2.75, 3.05) is 5.75 Å². The van der Waals surface area contributed by atoms with Crippen LogP contribution in [0.15, 0.2) is 10.7 Å². The smallest absolute Gasteiger partial charge is 0.194 e. The Hall–Kier alpha value is -0.290. The third kappa shape index (κ3) is 2.76. The summed E-state index contributed by atoms with van der Waals surface area (Å²) < 4.78 is 2.64. The lowest BCUT2D eigenvalue weighted by Crippen LogP contribution is -2.25. The molecule has 94 valence electrons. The Morgan fingerprint density at radius 3 is 2.94 bits per heavy atom. The molecule has 0 bridgehead atoms. The molecule has 0 aliphatic carbocycles. The molecule has 3 nitrogen and oxygen atoms in total. The second-order valence-corrected chi connectivity index (χ2v) is 6.76. The number of hydrogen-bond acceptors (Lipinski definition) is 3. The number of carbonyl (C=O) groups excluding carboxylic acids is 1. The Balaban J connectivity index is 2.26. The summed E-state index contributed by atoms with van der Waals surface area (Å²) in [5.41, 5.74) is 0.736. The van der Waals surface area contributed by atoms with Gasteiger partial charge in [-0.25, -0.2) is 0 Å². The third-order valence-corrected chi connectivity index (χ3v) is 4.90. The van der Waals surface area contributed by atoms with Crippen molar-refractivity contribution in [3.63, 3.8) is 0 Å². The van der Waals surface area contributed by atoms with Crippen LogP contribution in [-0.2, 0) is 0 Å². The Kier molecular flexibility index (Phi) is 4.31. The van der Waals surface area contributed by atoms with Gasteiger partial charge in [-0.1, -0.05) is 6.42 Å². The summed E-state index contributed by atoms with van der Waals surface area (Å²) >= 11 is 5.23. The molecular weight excluding hydrogens is 300 g/mol. The monoisotopic (exact) mass is 316 g/mol. The summed E-state index contributed by atoms with van der Waals surface area (Å²) in [7, 11) is 0. The molecule has 1 aromatic heterocycles. The quantitative estimate of drug-likeness (QED) is 0.798. The highest BCUT2D eigenvalue weighted by Gasteiger charge is 2.28. The number of halogens is 1. The molecule has 1 saturated heterocycles. The summed E-state index contributed by atoms with van der Waals surface area (Å²) in [6, 6.07) is 0.217. The van der Waals surface area contributed by atoms with E-state index in [0.717, 1.165) is 28.8 Å². The molecule has 5 heteroatoms. The Morgan fingerprint density at radius 2 is 2.35 bits per heavy atom. The topological polar surface area (TPSA) is 34.9 Å². The first kappa shape index (κ1) is 13.1. The van der Waals surface area contributed by atoms with E-state index in [-0.39, 0.29) is 17.1 Å². The number of hydrogen-bond donors (Lipinski definition) is 0. The predicted octanol–water partition coefficient (Wildman–Crippen LogP) is 3.69. The maximum absolute atomic E-state index is 12.5. The summed E-state index contributed by atoms with van der Waals surface area (Å²) in [6.07, 6.45) is 5.12. The molecule has 1 unspecified atom stereocenters. The number of Topliss-reactive ketones (excluding diaryl/α,β-unsaturated/α-hetero) is 1. The van der Waals surface area contributed by atoms with Crippen molar-refractivity contribution >= 4 is 33.5 Å². The highest BCUT2D eigenvalue weighted by molar-refractivity contribution is 9.10. The van der Waals surface area contributed by atoms with Crippen LogP contribution in [0.25, 0.3) is 0 Å². The SMILES string of the molecule is CC(C)n1ncc(Br)c1C(=O)C1CCCCS1. The van der Waals surface area contributed by atoms with E-state index < -0.39 is 0 Å². The van der Waals surface area contributed by atoms with Crippen LogP contribution in [0.4, 0.5) is 0 Å². The second-order valence-electron chi connectivity index (χ2n) is 4.60. The summed E-state index contributed by atoms with van der Waals surface area (Å²) in [4.78, 5) is 12.5. The van der Waals surface area contributed by atoms with Crippen LogP contribution in [0.2, 0.25) is 0 Å². The Morgan fingerprint density at radius 1 is 1.59 bits per heavy atom. The molecule has 0 aromatic carbocycles. The first-order valence-electron chi connectivity index (χ1n) is 6.00. The van der Waals surface area contributed by atoms with Crippen LogP contribution in [0, 0.1) is 0 Å². The van der Waals surface area contributed by atoms with Gasteiger partial charge in [-0.2, -0.15) is 16.9 Å². The van der Waals surface area contributed by atoms with Crippen LogP contribution in [0.3, 0.4) is 0 Å². The maximum Gasteiger partial charge on any atom is 0.194 e. The minimum Gasteiger partial charge on any atom is -0.291 e. The van der Waals surface area contributed by atoms with Crippen molar-refractivity contribution in [2.24, 2.45) is 0 Å². The average Bonchev–Trinajstić information content (AvgIpc) is 2.71. The summed E-state index contributed by atoms with van der Waals surface area (Å²) in [6.45, 7) is 4.09. The maximum atomic E-state index is 12.5. The second kappa shape index (κ2) is 5.57. The summed E-state index contributed by atoms with van der Waals surface area (Å²) in [5.74, 6) is 1.33. The largest absolute Gasteiger partial charge is 0.291 e. The fraction of sp³-hybridized carbons (Fsp3) is 0.667. The number of carbonyl (C=O) groups is 1. The van der Waals surface area contributed by atoms with E-state index in [2.05, 4.69) is 21.0 Å². The van der Waals surface area contributed by atoms with Gasteiger partial charge >= 0.3 is 0 Å². The first-order chi connectivity index (χ1) is 8.11. The van der Waals surface area contributed by atoms with Gasteiger partial charge < -0.3 is 0 Å². The van der Waals surface area contributed by atoms with E-state index in [4.69, 9.17) is 0 Å². The molecule has 2 heterocycles. The lowest BCUT2D eigenvalue weighted by Gasteiger charge is -2.21.